The minimum Gasteiger partial charge on any atom is -0.237 e. The molecule has 0 fully saturated rings. The first-order valence-corrected chi connectivity index (χ1v) is 4.31. The fourth-order valence-corrected chi connectivity index (χ4v) is 1.52. The summed E-state index contributed by atoms with van der Waals surface area (Å²) in [5, 5.41) is 0.663. The lowest BCUT2D eigenvalue weighted by molar-refractivity contribution is -0.140. The second kappa shape index (κ2) is 2.94. The molecule has 0 aromatic carbocycles. The molecule has 0 aliphatic rings. The van der Waals surface area contributed by atoms with Gasteiger partial charge in [-0.05, 0) is 13.8 Å². The van der Waals surface area contributed by atoms with Crippen molar-refractivity contribution in [3.8, 4) is 0 Å². The van der Waals surface area contributed by atoms with Gasteiger partial charge >= 0.3 is 6.18 Å². The van der Waals surface area contributed by atoms with Crippen molar-refractivity contribution in [3.63, 3.8) is 0 Å². The third-order valence-corrected chi connectivity index (χ3v) is 2.44. The van der Waals surface area contributed by atoms with Crippen LogP contribution in [0.4, 0.5) is 17.6 Å². The van der Waals surface area contributed by atoms with E-state index in [0.717, 1.165) is 5.38 Å². The fourth-order valence-electron chi connectivity index (χ4n) is 0.677. The smallest absolute Gasteiger partial charge is 0.237 e. The van der Waals surface area contributed by atoms with Crippen LogP contribution in [0, 0.1) is 0 Å². The molecule has 1 aromatic rings. The van der Waals surface area contributed by atoms with Crippen LogP contribution in [0.3, 0.4) is 0 Å². The third kappa shape index (κ3) is 2.40. The number of halogens is 4. The Balaban J connectivity index is 3.01. The molecule has 0 saturated heterocycles. The highest BCUT2D eigenvalue weighted by molar-refractivity contribution is 7.09. The normalized spacial score (nSPS) is 13.4. The molecule has 0 spiro atoms. The summed E-state index contributed by atoms with van der Waals surface area (Å²) in [6.07, 6.45) is -4.49. The second-order valence-corrected chi connectivity index (χ2v) is 3.87. The van der Waals surface area contributed by atoms with Crippen molar-refractivity contribution >= 4 is 11.3 Å². The van der Waals surface area contributed by atoms with Crippen LogP contribution in [0.5, 0.6) is 0 Å². The van der Waals surface area contributed by atoms with Gasteiger partial charge in [-0.25, -0.2) is 9.37 Å². The van der Waals surface area contributed by atoms with E-state index in [1.165, 1.54) is 13.8 Å². The highest BCUT2D eigenvalue weighted by atomic mass is 32.1. The van der Waals surface area contributed by atoms with E-state index in [0.29, 0.717) is 11.3 Å². The van der Waals surface area contributed by atoms with Crippen molar-refractivity contribution in [3.05, 3.63) is 16.1 Å². The summed E-state index contributed by atoms with van der Waals surface area (Å²) < 4.78 is 49.1. The van der Waals surface area contributed by atoms with Gasteiger partial charge in [-0.2, -0.15) is 13.2 Å². The minimum absolute atomic E-state index is 0.153. The van der Waals surface area contributed by atoms with Crippen molar-refractivity contribution < 1.29 is 17.6 Å². The molecule has 0 N–H and O–H groups in total. The number of alkyl halides is 4. The predicted molar refractivity (Wildman–Crippen MR) is 41.3 cm³/mol. The molecule has 1 nitrogen and oxygen atoms in total. The van der Waals surface area contributed by atoms with Crippen molar-refractivity contribution in [2.45, 2.75) is 25.7 Å². The van der Waals surface area contributed by atoms with E-state index >= 15 is 0 Å². The Bertz CT molecular complexity index is 268. The molecule has 13 heavy (non-hydrogen) atoms. The first-order valence-electron chi connectivity index (χ1n) is 3.43. The lowest BCUT2D eigenvalue weighted by Crippen LogP contribution is -2.11. The molecule has 0 bridgehead atoms. The molecule has 1 rings (SSSR count). The highest BCUT2D eigenvalue weighted by Crippen LogP contribution is 2.34. The van der Waals surface area contributed by atoms with Crippen molar-refractivity contribution in [2.24, 2.45) is 0 Å². The molecule has 1 heterocycles. The fraction of sp³-hybridized carbons (Fsp3) is 0.571. The molecule has 0 aliphatic carbocycles. The van der Waals surface area contributed by atoms with E-state index in [9.17, 15) is 17.6 Å². The molecule has 0 unspecified atom stereocenters. The molecule has 0 atom stereocenters. The summed E-state index contributed by atoms with van der Waals surface area (Å²) in [5.74, 6) is 0. The number of thiazole rings is 1. The van der Waals surface area contributed by atoms with E-state index in [4.69, 9.17) is 0 Å². The summed E-state index contributed by atoms with van der Waals surface area (Å²) in [4.78, 5) is 3.17. The topological polar surface area (TPSA) is 12.9 Å². The molecule has 0 amide bonds. The molecule has 1 aromatic heterocycles. The molecule has 0 radical (unpaired) electrons. The largest absolute Gasteiger partial charge is 0.434 e. The maximum absolute atomic E-state index is 13.1. The number of aromatic nitrogens is 1. The summed E-state index contributed by atoms with van der Waals surface area (Å²) in [5.41, 5.74) is -2.84. The number of hydrogen-bond donors (Lipinski definition) is 0. The predicted octanol–water partition coefficient (Wildman–Crippen LogP) is 3.37. The van der Waals surface area contributed by atoms with E-state index in [1.54, 1.807) is 0 Å². The third-order valence-electron chi connectivity index (χ3n) is 1.30. The molecular formula is C7H7F4NS. The van der Waals surface area contributed by atoms with Crippen LogP contribution in [0.25, 0.3) is 0 Å². The lowest BCUT2D eigenvalue weighted by Gasteiger charge is -2.09. The zero-order valence-corrected chi connectivity index (χ0v) is 7.76. The van der Waals surface area contributed by atoms with Crippen LogP contribution in [0.1, 0.15) is 24.5 Å². The van der Waals surface area contributed by atoms with Gasteiger partial charge in [-0.1, -0.05) is 0 Å². The van der Waals surface area contributed by atoms with Gasteiger partial charge in [0.15, 0.2) is 11.4 Å². The van der Waals surface area contributed by atoms with Crippen molar-refractivity contribution in [1.82, 2.24) is 4.98 Å². The first-order chi connectivity index (χ1) is 5.71. The minimum atomic E-state index is -4.49. The number of rotatable bonds is 1. The average molecular weight is 213 g/mol. The van der Waals surface area contributed by atoms with Crippen LogP contribution in [-0.4, -0.2) is 4.98 Å². The van der Waals surface area contributed by atoms with E-state index < -0.39 is 17.5 Å². The Morgan fingerprint density at radius 2 is 1.77 bits per heavy atom. The van der Waals surface area contributed by atoms with Gasteiger partial charge in [0, 0.05) is 5.38 Å². The molecule has 74 valence electrons. The van der Waals surface area contributed by atoms with Crippen LogP contribution < -0.4 is 0 Å². The van der Waals surface area contributed by atoms with Gasteiger partial charge in [-0.15, -0.1) is 11.3 Å². The van der Waals surface area contributed by atoms with E-state index in [2.05, 4.69) is 4.98 Å². The van der Waals surface area contributed by atoms with Gasteiger partial charge in [0.25, 0.3) is 0 Å². The summed E-state index contributed by atoms with van der Waals surface area (Å²) in [6.45, 7) is 2.35. The Kier molecular flexibility index (Phi) is 2.36. The number of hydrogen-bond acceptors (Lipinski definition) is 2. The second-order valence-electron chi connectivity index (χ2n) is 3.01. The van der Waals surface area contributed by atoms with Gasteiger partial charge in [-0.3, -0.25) is 0 Å². The number of nitrogens with zero attached hydrogens (tertiary/aromatic N) is 1. The van der Waals surface area contributed by atoms with Crippen LogP contribution in [0.15, 0.2) is 5.38 Å². The molecule has 0 saturated carbocycles. The lowest BCUT2D eigenvalue weighted by atomic mass is 10.2. The Labute approximate surface area is 76.4 Å². The quantitative estimate of drug-likeness (QED) is 0.652. The van der Waals surface area contributed by atoms with Crippen LogP contribution >= 0.6 is 11.3 Å². The maximum Gasteiger partial charge on any atom is 0.434 e. The Morgan fingerprint density at radius 3 is 2.00 bits per heavy atom. The van der Waals surface area contributed by atoms with Gasteiger partial charge < -0.3 is 0 Å². The monoisotopic (exact) mass is 213 g/mol. The zero-order valence-electron chi connectivity index (χ0n) is 6.94. The van der Waals surface area contributed by atoms with Gasteiger partial charge in [0.2, 0.25) is 0 Å². The van der Waals surface area contributed by atoms with E-state index in [-0.39, 0.29) is 5.01 Å². The van der Waals surface area contributed by atoms with Crippen molar-refractivity contribution in [2.75, 3.05) is 0 Å². The Hall–Kier alpha value is -0.650. The van der Waals surface area contributed by atoms with Gasteiger partial charge in [0.05, 0.1) is 0 Å². The van der Waals surface area contributed by atoms with Crippen molar-refractivity contribution in [1.29, 1.82) is 0 Å². The maximum atomic E-state index is 13.1. The standard InChI is InChI=1S/C7H7F4NS/c1-6(2,8)5-12-4(3-13-5)7(9,10)11/h3H,1-2H3. The Morgan fingerprint density at radius 1 is 1.23 bits per heavy atom. The molecular weight excluding hydrogens is 206 g/mol. The first kappa shape index (κ1) is 10.4. The summed E-state index contributed by atoms with van der Waals surface area (Å²) >= 11 is 0.677. The SMILES string of the molecule is CC(C)(F)c1nc(C(F)(F)F)cs1. The van der Waals surface area contributed by atoms with Crippen LogP contribution in [0.2, 0.25) is 0 Å². The van der Waals surface area contributed by atoms with Gasteiger partial charge in [0.1, 0.15) is 5.01 Å². The highest BCUT2D eigenvalue weighted by Gasteiger charge is 2.35. The molecule has 0 aliphatic heterocycles. The van der Waals surface area contributed by atoms with E-state index in [1.807, 2.05) is 0 Å². The average Bonchev–Trinajstić information content (AvgIpc) is 2.28. The van der Waals surface area contributed by atoms with Crippen LogP contribution in [-0.2, 0) is 11.8 Å². The summed E-state index contributed by atoms with van der Waals surface area (Å²) in [7, 11) is 0. The summed E-state index contributed by atoms with van der Waals surface area (Å²) in [6, 6.07) is 0. The molecule has 6 heteroatoms. The zero-order chi connectivity index (χ0) is 10.3.